The maximum absolute atomic E-state index is 14.0. The van der Waals surface area contributed by atoms with Crippen molar-refractivity contribution in [1.29, 1.82) is 0 Å². The molecule has 1 N–H and O–H groups in total. The number of para-hydroxylation sites is 1. The van der Waals surface area contributed by atoms with Gasteiger partial charge in [0.05, 0.1) is 10.6 Å². The predicted octanol–water partition coefficient (Wildman–Crippen LogP) is 6.27. The third kappa shape index (κ3) is 8.37. The fourth-order valence-electron chi connectivity index (χ4n) is 4.33. The monoisotopic (exact) mass is 619 g/mol. The van der Waals surface area contributed by atoms with Crippen LogP contribution in [0.2, 0.25) is 5.02 Å². The molecule has 1 atom stereocenters. The number of hydrogen-bond donors (Lipinski definition) is 1. The summed E-state index contributed by atoms with van der Waals surface area (Å²) in [5.74, 6) is 0.232. The van der Waals surface area contributed by atoms with Crippen LogP contribution in [0.4, 0.5) is 5.69 Å². The van der Waals surface area contributed by atoms with E-state index < -0.39 is 28.5 Å². The molecule has 0 fully saturated rings. The van der Waals surface area contributed by atoms with E-state index in [4.69, 9.17) is 16.3 Å². The summed E-state index contributed by atoms with van der Waals surface area (Å²) < 4.78 is 34.8. The average Bonchev–Trinajstić information content (AvgIpc) is 3.00. The summed E-state index contributed by atoms with van der Waals surface area (Å²) in [4.78, 5) is 28.4. The molecule has 224 valence electrons. The van der Waals surface area contributed by atoms with Crippen molar-refractivity contribution in [2.24, 2.45) is 0 Å². The van der Waals surface area contributed by atoms with Crippen LogP contribution >= 0.6 is 11.6 Å². The molecule has 0 spiro atoms. The van der Waals surface area contributed by atoms with Gasteiger partial charge in [-0.15, -0.1) is 0 Å². The number of ether oxygens (including phenoxy) is 1. The first-order chi connectivity index (χ1) is 20.5. The second kappa shape index (κ2) is 14.2. The second-order valence-electron chi connectivity index (χ2n) is 10.2. The van der Waals surface area contributed by atoms with Crippen molar-refractivity contribution >= 4 is 39.1 Å². The third-order valence-corrected chi connectivity index (χ3v) is 8.62. The highest BCUT2D eigenvalue weighted by Gasteiger charge is 2.32. The van der Waals surface area contributed by atoms with Crippen LogP contribution in [0.25, 0.3) is 0 Å². The molecule has 4 aromatic carbocycles. The standard InChI is InChI=1S/C33H34ClN3O5S/c1-24(2)35-33(39)25(3)36(22-26-14-16-27(34)17-15-26)32(38)23-37(43(40,41)31-12-8-5-9-13-31)28-18-20-30(21-19-28)42-29-10-6-4-7-11-29/h4-21,24-25H,22-23H2,1-3H3,(H,35,39). The fraction of sp³-hybridized carbons (Fsp3) is 0.212. The molecule has 0 radical (unpaired) electrons. The van der Waals surface area contributed by atoms with E-state index in [1.807, 2.05) is 44.2 Å². The first kappa shape index (κ1) is 31.6. The smallest absolute Gasteiger partial charge is 0.264 e. The number of rotatable bonds is 12. The number of halogens is 1. The molecule has 0 aromatic heterocycles. The highest BCUT2D eigenvalue weighted by atomic mass is 35.5. The van der Waals surface area contributed by atoms with Crippen LogP contribution in [0.3, 0.4) is 0 Å². The zero-order chi connectivity index (χ0) is 31.0. The Morgan fingerprint density at radius 3 is 1.93 bits per heavy atom. The molecule has 4 rings (SSSR count). The number of carbonyl (C=O) groups excluding carboxylic acids is 2. The molecule has 8 nitrogen and oxygen atoms in total. The lowest BCUT2D eigenvalue weighted by Gasteiger charge is -2.32. The second-order valence-corrected chi connectivity index (χ2v) is 12.5. The molecular formula is C33H34ClN3O5S. The minimum absolute atomic E-state index is 0.0299. The Morgan fingerprint density at radius 2 is 1.35 bits per heavy atom. The van der Waals surface area contributed by atoms with Crippen LogP contribution in [-0.2, 0) is 26.2 Å². The lowest BCUT2D eigenvalue weighted by Crippen LogP contribution is -2.52. The summed E-state index contributed by atoms with van der Waals surface area (Å²) in [6, 6.07) is 29.5. The van der Waals surface area contributed by atoms with Crippen molar-refractivity contribution in [1.82, 2.24) is 10.2 Å². The van der Waals surface area contributed by atoms with Gasteiger partial charge >= 0.3 is 0 Å². The largest absolute Gasteiger partial charge is 0.457 e. The molecule has 0 aliphatic rings. The van der Waals surface area contributed by atoms with Crippen molar-refractivity contribution in [2.75, 3.05) is 10.8 Å². The molecule has 43 heavy (non-hydrogen) atoms. The first-order valence-corrected chi connectivity index (χ1v) is 15.6. The van der Waals surface area contributed by atoms with Gasteiger partial charge in [0.15, 0.2) is 0 Å². The van der Waals surface area contributed by atoms with Gasteiger partial charge in [-0.25, -0.2) is 8.42 Å². The zero-order valence-corrected chi connectivity index (χ0v) is 25.8. The number of sulfonamides is 1. The van der Waals surface area contributed by atoms with E-state index in [0.29, 0.717) is 16.5 Å². The number of carbonyl (C=O) groups is 2. The molecule has 1 unspecified atom stereocenters. The molecule has 0 saturated carbocycles. The Labute approximate surface area is 257 Å². The molecule has 0 heterocycles. The summed E-state index contributed by atoms with van der Waals surface area (Å²) in [6.45, 7) is 4.82. The molecule has 2 amide bonds. The van der Waals surface area contributed by atoms with Gasteiger partial charge in [-0.1, -0.05) is 60.1 Å². The third-order valence-electron chi connectivity index (χ3n) is 6.58. The minimum Gasteiger partial charge on any atom is -0.457 e. The van der Waals surface area contributed by atoms with Gasteiger partial charge in [-0.3, -0.25) is 13.9 Å². The Hall–Kier alpha value is -4.34. The molecule has 0 aliphatic carbocycles. The quantitative estimate of drug-likeness (QED) is 0.202. The Balaban J connectivity index is 1.69. The Morgan fingerprint density at radius 1 is 0.791 bits per heavy atom. The van der Waals surface area contributed by atoms with Crippen molar-refractivity contribution in [3.05, 3.63) is 120 Å². The van der Waals surface area contributed by atoms with Crippen molar-refractivity contribution < 1.29 is 22.7 Å². The van der Waals surface area contributed by atoms with Gasteiger partial charge in [0.1, 0.15) is 24.1 Å². The molecule has 0 saturated heterocycles. The lowest BCUT2D eigenvalue weighted by atomic mass is 10.1. The minimum atomic E-state index is -4.17. The van der Waals surface area contributed by atoms with Crippen LogP contribution in [0.15, 0.2) is 114 Å². The number of nitrogens with zero attached hydrogens (tertiary/aromatic N) is 2. The SMILES string of the molecule is CC(C)NC(=O)C(C)N(Cc1ccc(Cl)cc1)C(=O)CN(c1ccc(Oc2ccccc2)cc1)S(=O)(=O)c1ccccc1. The van der Waals surface area contributed by atoms with Crippen molar-refractivity contribution in [3.63, 3.8) is 0 Å². The first-order valence-electron chi connectivity index (χ1n) is 13.8. The van der Waals surface area contributed by atoms with E-state index in [1.165, 1.54) is 17.0 Å². The normalized spacial score (nSPS) is 11.9. The molecule has 4 aromatic rings. The number of anilines is 1. The van der Waals surface area contributed by atoms with Crippen molar-refractivity contribution in [2.45, 2.75) is 44.3 Å². The fourth-order valence-corrected chi connectivity index (χ4v) is 5.89. The summed E-state index contributed by atoms with van der Waals surface area (Å²) in [5.41, 5.74) is 1.00. The van der Waals surface area contributed by atoms with E-state index in [1.54, 1.807) is 73.7 Å². The average molecular weight is 620 g/mol. The lowest BCUT2D eigenvalue weighted by molar-refractivity contribution is -0.139. The zero-order valence-electron chi connectivity index (χ0n) is 24.2. The van der Waals surface area contributed by atoms with Gasteiger partial charge in [0.2, 0.25) is 11.8 Å². The molecule has 0 aliphatic heterocycles. The Kier molecular flexibility index (Phi) is 10.4. The van der Waals surface area contributed by atoms with Gasteiger partial charge in [0.25, 0.3) is 10.0 Å². The maximum atomic E-state index is 14.0. The van der Waals surface area contributed by atoms with Crippen LogP contribution < -0.4 is 14.4 Å². The number of nitrogens with one attached hydrogen (secondary N) is 1. The molecular weight excluding hydrogens is 586 g/mol. The summed E-state index contributed by atoms with van der Waals surface area (Å²) in [5, 5.41) is 3.37. The van der Waals surface area contributed by atoms with Crippen LogP contribution in [0.5, 0.6) is 11.5 Å². The number of amides is 2. The predicted molar refractivity (Wildman–Crippen MR) is 169 cm³/mol. The summed E-state index contributed by atoms with van der Waals surface area (Å²) in [7, 11) is -4.17. The van der Waals surface area contributed by atoms with E-state index in [2.05, 4.69) is 5.32 Å². The van der Waals surface area contributed by atoms with E-state index in [0.717, 1.165) is 9.87 Å². The summed E-state index contributed by atoms with van der Waals surface area (Å²) in [6.07, 6.45) is 0. The Bertz CT molecular complexity index is 1620. The van der Waals surface area contributed by atoms with Gasteiger partial charge in [0, 0.05) is 17.6 Å². The topological polar surface area (TPSA) is 96.0 Å². The van der Waals surface area contributed by atoms with Gasteiger partial charge < -0.3 is 15.0 Å². The highest BCUT2D eigenvalue weighted by Crippen LogP contribution is 2.28. The van der Waals surface area contributed by atoms with Crippen molar-refractivity contribution in [3.8, 4) is 11.5 Å². The highest BCUT2D eigenvalue weighted by molar-refractivity contribution is 7.92. The maximum Gasteiger partial charge on any atom is 0.264 e. The molecule has 0 bridgehead atoms. The van der Waals surface area contributed by atoms with E-state index in [9.17, 15) is 18.0 Å². The van der Waals surface area contributed by atoms with E-state index in [-0.39, 0.29) is 29.1 Å². The van der Waals surface area contributed by atoms with Gasteiger partial charge in [-0.05, 0) is 87.0 Å². The van der Waals surface area contributed by atoms with Crippen LogP contribution in [0.1, 0.15) is 26.3 Å². The van der Waals surface area contributed by atoms with Crippen LogP contribution in [-0.4, -0.2) is 43.8 Å². The number of hydrogen-bond acceptors (Lipinski definition) is 5. The number of benzene rings is 4. The van der Waals surface area contributed by atoms with Crippen LogP contribution in [0, 0.1) is 0 Å². The molecule has 10 heteroatoms. The van der Waals surface area contributed by atoms with Gasteiger partial charge in [-0.2, -0.15) is 0 Å². The van der Waals surface area contributed by atoms with E-state index >= 15 is 0 Å². The summed E-state index contributed by atoms with van der Waals surface area (Å²) >= 11 is 6.06.